The number of methoxy groups -OCH3 is 3. The molecule has 1 aromatic heterocycles. The Kier molecular flexibility index (Phi) is 11.8. The summed E-state index contributed by atoms with van der Waals surface area (Å²) >= 11 is 0. The summed E-state index contributed by atoms with van der Waals surface area (Å²) in [7, 11) is 3.90. The van der Waals surface area contributed by atoms with Crippen molar-refractivity contribution in [1.82, 2.24) is 10.3 Å². The van der Waals surface area contributed by atoms with E-state index in [1.807, 2.05) is 25.1 Å². The Balaban J connectivity index is 1.40. The average molecular weight is 654 g/mol. The van der Waals surface area contributed by atoms with Crippen LogP contribution in [0.1, 0.15) is 49.9 Å². The molecule has 3 aromatic carbocycles. The van der Waals surface area contributed by atoms with E-state index in [1.54, 1.807) is 48.5 Å². The third-order valence-electron chi connectivity index (χ3n) is 7.24. The average Bonchev–Trinajstić information content (AvgIpc) is 3.09. The van der Waals surface area contributed by atoms with Crippen molar-refractivity contribution in [1.29, 1.82) is 0 Å². The first-order valence-corrected chi connectivity index (χ1v) is 14.7. The fourth-order valence-corrected chi connectivity index (χ4v) is 4.73. The summed E-state index contributed by atoms with van der Waals surface area (Å²) in [5.41, 5.74) is 3.70. The number of urea groups is 1. The quantitative estimate of drug-likeness (QED) is 0.153. The van der Waals surface area contributed by atoms with Crippen LogP contribution in [0.5, 0.6) is 5.75 Å². The molecule has 4 amide bonds. The zero-order valence-corrected chi connectivity index (χ0v) is 26.8. The van der Waals surface area contributed by atoms with Crippen LogP contribution in [-0.2, 0) is 25.5 Å². The van der Waals surface area contributed by atoms with E-state index in [4.69, 9.17) is 14.2 Å². The van der Waals surface area contributed by atoms with E-state index < -0.39 is 29.9 Å². The van der Waals surface area contributed by atoms with Gasteiger partial charge in [0.05, 0.1) is 57.0 Å². The number of para-hydroxylation sites is 1. The number of anilines is 3. The number of carbonyl (C=O) groups is 5. The van der Waals surface area contributed by atoms with Crippen LogP contribution in [-0.4, -0.2) is 56.1 Å². The molecule has 4 rings (SSSR count). The topological polar surface area (TPSA) is 174 Å². The first kappa shape index (κ1) is 34.6. The summed E-state index contributed by atoms with van der Waals surface area (Å²) in [6.07, 6.45) is 2.42. The molecule has 0 aliphatic carbocycles. The molecular formula is C35H35N5O8. The summed E-state index contributed by atoms with van der Waals surface area (Å²) in [5.74, 6) is -1.85. The van der Waals surface area contributed by atoms with Crippen molar-refractivity contribution < 1.29 is 38.2 Å². The lowest BCUT2D eigenvalue weighted by molar-refractivity contribution is -0.141. The van der Waals surface area contributed by atoms with Gasteiger partial charge >= 0.3 is 18.0 Å². The van der Waals surface area contributed by atoms with Crippen LogP contribution in [0.2, 0.25) is 0 Å². The molecule has 0 unspecified atom stereocenters. The molecule has 13 heteroatoms. The predicted octanol–water partition coefficient (Wildman–Crippen LogP) is 5.04. The third kappa shape index (κ3) is 9.16. The third-order valence-corrected chi connectivity index (χ3v) is 7.24. The maximum absolute atomic E-state index is 13.1. The number of amides is 4. The van der Waals surface area contributed by atoms with Crippen molar-refractivity contribution in [3.05, 3.63) is 113 Å². The molecule has 1 atom stereocenters. The van der Waals surface area contributed by atoms with Gasteiger partial charge in [0.1, 0.15) is 5.75 Å². The fraction of sp³-hybridized carbons (Fsp3) is 0.200. The van der Waals surface area contributed by atoms with Crippen molar-refractivity contribution in [2.24, 2.45) is 0 Å². The van der Waals surface area contributed by atoms with E-state index in [-0.39, 0.29) is 29.9 Å². The first-order valence-electron chi connectivity index (χ1n) is 14.7. The van der Waals surface area contributed by atoms with Gasteiger partial charge in [-0.05, 0) is 60.0 Å². The lowest BCUT2D eigenvalue weighted by atomic mass is 10.0. The number of hydrogen-bond donors (Lipinski definition) is 4. The molecule has 0 saturated carbocycles. The molecule has 0 fully saturated rings. The number of benzene rings is 3. The molecule has 13 nitrogen and oxygen atoms in total. The Morgan fingerprint density at radius 3 is 2.21 bits per heavy atom. The highest BCUT2D eigenvalue weighted by molar-refractivity contribution is 6.05. The van der Waals surface area contributed by atoms with Crippen molar-refractivity contribution >= 4 is 46.8 Å². The van der Waals surface area contributed by atoms with E-state index in [9.17, 15) is 24.0 Å². The Bertz CT molecular complexity index is 1810. The van der Waals surface area contributed by atoms with Crippen molar-refractivity contribution in [2.75, 3.05) is 37.3 Å². The molecule has 4 N–H and O–H groups in total. The van der Waals surface area contributed by atoms with Crippen LogP contribution in [0.15, 0.2) is 85.2 Å². The van der Waals surface area contributed by atoms with Crippen LogP contribution >= 0.6 is 0 Å². The van der Waals surface area contributed by atoms with Gasteiger partial charge < -0.3 is 35.5 Å². The summed E-state index contributed by atoms with van der Waals surface area (Å²) in [4.78, 5) is 66.8. The number of pyridine rings is 1. The first-order chi connectivity index (χ1) is 23.1. The van der Waals surface area contributed by atoms with Crippen LogP contribution in [0.4, 0.5) is 21.9 Å². The summed E-state index contributed by atoms with van der Waals surface area (Å²) < 4.78 is 15.0. The highest BCUT2D eigenvalue weighted by Crippen LogP contribution is 2.27. The largest absolute Gasteiger partial charge is 0.495 e. The minimum atomic E-state index is -0.821. The number of aromatic nitrogens is 1. The molecule has 4 aromatic rings. The molecule has 48 heavy (non-hydrogen) atoms. The molecule has 0 radical (unpaired) electrons. The Morgan fingerprint density at radius 1 is 0.792 bits per heavy atom. The predicted molar refractivity (Wildman–Crippen MR) is 178 cm³/mol. The maximum atomic E-state index is 13.1. The van der Waals surface area contributed by atoms with Gasteiger partial charge in [-0.2, -0.15) is 0 Å². The van der Waals surface area contributed by atoms with E-state index in [1.165, 1.54) is 39.8 Å². The normalized spacial score (nSPS) is 11.0. The van der Waals surface area contributed by atoms with Crippen LogP contribution in [0, 0.1) is 6.92 Å². The molecule has 0 aliphatic heterocycles. The second kappa shape index (κ2) is 16.4. The van der Waals surface area contributed by atoms with Crippen LogP contribution in [0.3, 0.4) is 0 Å². The second-order valence-corrected chi connectivity index (χ2v) is 10.5. The van der Waals surface area contributed by atoms with E-state index in [0.29, 0.717) is 33.9 Å². The number of rotatable bonds is 12. The van der Waals surface area contributed by atoms with Gasteiger partial charge in [-0.1, -0.05) is 36.4 Å². The zero-order valence-electron chi connectivity index (χ0n) is 26.8. The molecular weight excluding hydrogens is 618 g/mol. The minimum absolute atomic E-state index is 0.0163. The summed E-state index contributed by atoms with van der Waals surface area (Å²) in [6, 6.07) is 19.1. The second-order valence-electron chi connectivity index (χ2n) is 10.5. The monoisotopic (exact) mass is 653 g/mol. The highest BCUT2D eigenvalue weighted by Gasteiger charge is 2.24. The number of esters is 2. The number of aryl methyl sites for hydroxylation is 1. The number of nitrogens with zero attached hydrogens (tertiary/aromatic N) is 1. The minimum Gasteiger partial charge on any atom is -0.495 e. The SMILES string of the molecule is COC(=O)C[C@@H](NC(=O)c1cnccc1C(=O)OC)c1ccc(NC(=O)Cc2ccc(NC(=O)Nc3ccccc3C)c(OC)c2)cc1. The van der Waals surface area contributed by atoms with Crippen molar-refractivity contribution in [3.63, 3.8) is 0 Å². The lowest BCUT2D eigenvalue weighted by Crippen LogP contribution is -2.31. The van der Waals surface area contributed by atoms with Gasteiger partial charge in [-0.15, -0.1) is 0 Å². The molecule has 1 heterocycles. The number of ether oxygens (including phenoxy) is 3. The van der Waals surface area contributed by atoms with Gasteiger partial charge in [0.2, 0.25) is 5.91 Å². The zero-order chi connectivity index (χ0) is 34.6. The Hall–Kier alpha value is -6.24. The Labute approximate surface area is 277 Å². The molecule has 0 saturated heterocycles. The van der Waals surface area contributed by atoms with Crippen molar-refractivity contribution in [3.8, 4) is 5.75 Å². The molecule has 248 valence electrons. The van der Waals surface area contributed by atoms with E-state index >= 15 is 0 Å². The molecule has 0 aliphatic rings. The number of carbonyl (C=O) groups excluding carboxylic acids is 5. The fourth-order valence-electron chi connectivity index (χ4n) is 4.73. The summed E-state index contributed by atoms with van der Waals surface area (Å²) in [6.45, 7) is 1.89. The van der Waals surface area contributed by atoms with Gasteiger partial charge in [0, 0.05) is 23.8 Å². The Morgan fingerprint density at radius 2 is 1.52 bits per heavy atom. The van der Waals surface area contributed by atoms with Gasteiger partial charge in [-0.3, -0.25) is 19.4 Å². The standard InChI is InChI=1S/C35H35N5O8/c1-21-7-5-6-8-27(21)39-35(45)40-28-14-9-22(17-30(28)46-2)18-31(41)37-24-12-10-23(11-13-24)29(19-32(42)47-3)38-33(43)26-20-36-16-15-25(26)34(44)48-4/h5-17,20,29H,18-19H2,1-4H3,(H,37,41)(H,38,43)(H2,39,40,45)/t29-/m1/s1. The lowest BCUT2D eigenvalue weighted by Gasteiger charge is -2.19. The molecule has 0 spiro atoms. The van der Waals surface area contributed by atoms with Crippen molar-refractivity contribution in [2.45, 2.75) is 25.8 Å². The van der Waals surface area contributed by atoms with Gasteiger partial charge in [0.25, 0.3) is 5.91 Å². The van der Waals surface area contributed by atoms with E-state index in [2.05, 4.69) is 26.3 Å². The van der Waals surface area contributed by atoms with Crippen LogP contribution in [0.25, 0.3) is 0 Å². The summed E-state index contributed by atoms with van der Waals surface area (Å²) in [5, 5.41) is 11.1. The smallest absolute Gasteiger partial charge is 0.338 e. The molecule has 0 bridgehead atoms. The van der Waals surface area contributed by atoms with Gasteiger partial charge in [0.15, 0.2) is 0 Å². The van der Waals surface area contributed by atoms with E-state index in [0.717, 1.165) is 5.56 Å². The highest BCUT2D eigenvalue weighted by atomic mass is 16.5. The van der Waals surface area contributed by atoms with Crippen LogP contribution < -0.4 is 26.0 Å². The number of nitrogens with one attached hydrogen (secondary N) is 4. The van der Waals surface area contributed by atoms with Gasteiger partial charge in [-0.25, -0.2) is 9.59 Å². The maximum Gasteiger partial charge on any atom is 0.338 e. The number of hydrogen-bond acceptors (Lipinski definition) is 9.